The van der Waals surface area contributed by atoms with Gasteiger partial charge in [-0.1, -0.05) is 13.8 Å². The SMILES string of the molecule is CC(=O)OCC(=O)[C@@]1(O)CC[C@@H]2[C@@H]3CC[C@H]4C[C@@H](OC(C)=O)CC[C@]4(C)[C@H]3[C@@H](O)C[C@@]21C. The summed E-state index contributed by atoms with van der Waals surface area (Å²) in [4.78, 5) is 35.6. The van der Waals surface area contributed by atoms with Crippen molar-refractivity contribution in [2.24, 2.45) is 34.5 Å². The number of hydrogen-bond acceptors (Lipinski definition) is 7. The molecule has 0 aromatic rings. The molecule has 0 aliphatic heterocycles. The zero-order valence-corrected chi connectivity index (χ0v) is 19.8. The zero-order chi connectivity index (χ0) is 23.5. The predicted molar refractivity (Wildman–Crippen MR) is 115 cm³/mol. The zero-order valence-electron chi connectivity index (χ0n) is 19.8. The van der Waals surface area contributed by atoms with Crippen LogP contribution >= 0.6 is 0 Å². The molecule has 0 bridgehead atoms. The van der Waals surface area contributed by atoms with Gasteiger partial charge in [-0.05, 0) is 80.5 Å². The van der Waals surface area contributed by atoms with Crippen LogP contribution in [-0.2, 0) is 23.9 Å². The first-order valence-electron chi connectivity index (χ1n) is 12.2. The fourth-order valence-electron chi connectivity index (χ4n) is 8.44. The summed E-state index contributed by atoms with van der Waals surface area (Å²) in [6, 6.07) is 0. The van der Waals surface area contributed by atoms with E-state index in [-0.39, 0.29) is 35.2 Å². The molecule has 0 aromatic carbocycles. The first-order chi connectivity index (χ1) is 14.9. The summed E-state index contributed by atoms with van der Waals surface area (Å²) >= 11 is 0. The second-order valence-electron chi connectivity index (χ2n) is 11.4. The largest absolute Gasteiger partial charge is 0.463 e. The molecule has 0 unspecified atom stereocenters. The lowest BCUT2D eigenvalue weighted by Gasteiger charge is -2.62. The molecule has 0 saturated heterocycles. The Bertz CT molecular complexity index is 795. The molecule has 0 amide bonds. The Morgan fingerprint density at radius 2 is 1.72 bits per heavy atom. The summed E-state index contributed by atoms with van der Waals surface area (Å²) in [7, 11) is 0. The van der Waals surface area contributed by atoms with E-state index in [2.05, 4.69) is 6.92 Å². The van der Waals surface area contributed by atoms with Crippen LogP contribution in [0.3, 0.4) is 0 Å². The second kappa shape index (κ2) is 8.08. The van der Waals surface area contributed by atoms with Gasteiger partial charge in [0.25, 0.3) is 0 Å². The molecule has 2 N–H and O–H groups in total. The smallest absolute Gasteiger partial charge is 0.303 e. The van der Waals surface area contributed by atoms with Gasteiger partial charge in [0.15, 0.2) is 6.61 Å². The number of hydrogen-bond donors (Lipinski definition) is 2. The van der Waals surface area contributed by atoms with Gasteiger partial charge in [-0.2, -0.15) is 0 Å². The van der Waals surface area contributed by atoms with Crippen molar-refractivity contribution in [2.75, 3.05) is 6.61 Å². The van der Waals surface area contributed by atoms with Crippen molar-refractivity contribution in [1.29, 1.82) is 0 Å². The number of aliphatic hydroxyl groups is 2. The van der Waals surface area contributed by atoms with E-state index in [9.17, 15) is 24.6 Å². The summed E-state index contributed by atoms with van der Waals surface area (Å²) in [5, 5.41) is 23.0. The van der Waals surface area contributed by atoms with Gasteiger partial charge in [0.2, 0.25) is 5.78 Å². The van der Waals surface area contributed by atoms with E-state index < -0.39 is 35.5 Å². The average molecular weight is 451 g/mol. The quantitative estimate of drug-likeness (QED) is 0.634. The van der Waals surface area contributed by atoms with Crippen molar-refractivity contribution in [1.82, 2.24) is 0 Å². The summed E-state index contributed by atoms with van der Waals surface area (Å²) in [6.45, 7) is 6.52. The monoisotopic (exact) mass is 450 g/mol. The number of fused-ring (bicyclic) bond motifs is 5. The lowest BCUT2D eigenvalue weighted by molar-refractivity contribution is -0.205. The molecule has 4 aliphatic carbocycles. The molecular formula is C25H38O7. The van der Waals surface area contributed by atoms with Crippen molar-refractivity contribution in [3.05, 3.63) is 0 Å². The van der Waals surface area contributed by atoms with E-state index in [0.29, 0.717) is 18.8 Å². The number of aliphatic hydroxyl groups excluding tert-OH is 1. The van der Waals surface area contributed by atoms with Crippen LogP contribution in [0.2, 0.25) is 0 Å². The van der Waals surface area contributed by atoms with Crippen LogP contribution in [0.5, 0.6) is 0 Å². The van der Waals surface area contributed by atoms with Gasteiger partial charge >= 0.3 is 11.9 Å². The van der Waals surface area contributed by atoms with Crippen LogP contribution in [0.1, 0.15) is 79.1 Å². The lowest BCUT2D eigenvalue weighted by atomic mass is 9.43. The highest BCUT2D eigenvalue weighted by Crippen LogP contribution is 2.68. The van der Waals surface area contributed by atoms with Gasteiger partial charge in [-0.3, -0.25) is 14.4 Å². The minimum atomic E-state index is -1.58. The van der Waals surface area contributed by atoms with Crippen molar-refractivity contribution < 1.29 is 34.1 Å². The van der Waals surface area contributed by atoms with Gasteiger partial charge in [0, 0.05) is 19.3 Å². The minimum absolute atomic E-state index is 0.0383. The van der Waals surface area contributed by atoms with Gasteiger partial charge in [0.1, 0.15) is 11.7 Å². The maximum atomic E-state index is 13.0. The minimum Gasteiger partial charge on any atom is -0.463 e. The number of ether oxygens (including phenoxy) is 2. The van der Waals surface area contributed by atoms with Crippen LogP contribution in [-0.4, -0.2) is 52.4 Å². The van der Waals surface area contributed by atoms with Crippen molar-refractivity contribution in [2.45, 2.75) is 96.9 Å². The average Bonchev–Trinajstić information content (AvgIpc) is 2.97. The third kappa shape index (κ3) is 3.51. The molecule has 0 spiro atoms. The van der Waals surface area contributed by atoms with Crippen LogP contribution in [0.25, 0.3) is 0 Å². The van der Waals surface area contributed by atoms with E-state index >= 15 is 0 Å². The van der Waals surface area contributed by atoms with Gasteiger partial charge in [-0.25, -0.2) is 0 Å². The van der Waals surface area contributed by atoms with Crippen molar-refractivity contribution >= 4 is 17.7 Å². The maximum Gasteiger partial charge on any atom is 0.303 e. The highest BCUT2D eigenvalue weighted by Gasteiger charge is 2.68. The number of esters is 2. The number of rotatable bonds is 4. The fraction of sp³-hybridized carbons (Fsp3) is 0.880. The van der Waals surface area contributed by atoms with Gasteiger partial charge in [-0.15, -0.1) is 0 Å². The Morgan fingerprint density at radius 1 is 1.00 bits per heavy atom. The van der Waals surface area contributed by atoms with Gasteiger partial charge in [0.05, 0.1) is 6.10 Å². The fourth-order valence-corrected chi connectivity index (χ4v) is 8.44. The Balaban J connectivity index is 1.57. The Hall–Kier alpha value is -1.47. The van der Waals surface area contributed by atoms with E-state index in [1.54, 1.807) is 0 Å². The highest BCUT2D eigenvalue weighted by molar-refractivity contribution is 5.91. The van der Waals surface area contributed by atoms with Crippen LogP contribution in [0, 0.1) is 34.5 Å². The molecule has 4 aliphatic rings. The first-order valence-corrected chi connectivity index (χ1v) is 12.2. The second-order valence-corrected chi connectivity index (χ2v) is 11.4. The van der Waals surface area contributed by atoms with Gasteiger partial charge < -0.3 is 19.7 Å². The molecule has 180 valence electrons. The van der Waals surface area contributed by atoms with E-state index in [4.69, 9.17) is 9.47 Å². The van der Waals surface area contributed by atoms with Crippen LogP contribution in [0.15, 0.2) is 0 Å². The van der Waals surface area contributed by atoms with E-state index in [0.717, 1.165) is 38.5 Å². The molecule has 0 radical (unpaired) electrons. The lowest BCUT2D eigenvalue weighted by Crippen LogP contribution is -2.63. The molecule has 7 heteroatoms. The third-order valence-electron chi connectivity index (χ3n) is 9.90. The van der Waals surface area contributed by atoms with Crippen molar-refractivity contribution in [3.8, 4) is 0 Å². The van der Waals surface area contributed by atoms with Crippen molar-refractivity contribution in [3.63, 3.8) is 0 Å². The highest BCUT2D eigenvalue weighted by atomic mass is 16.5. The standard InChI is InChI=1S/C25H38O7/c1-14(26)31-13-21(29)25(30)10-8-19-18-6-5-16-11-17(32-15(2)27)7-9-23(16,3)22(18)20(28)12-24(19,25)4/h16-20,22,28,30H,5-13H2,1-4H3/t16-,17-,18-,19+,20-,22+,23-,24-,25-/m0/s1. The molecule has 0 aromatic heterocycles. The molecule has 7 nitrogen and oxygen atoms in total. The molecule has 4 rings (SSSR count). The summed E-state index contributed by atoms with van der Waals surface area (Å²) in [5.41, 5.74) is -2.35. The summed E-state index contributed by atoms with van der Waals surface area (Å²) < 4.78 is 10.4. The Kier molecular flexibility index (Phi) is 5.98. The molecule has 4 saturated carbocycles. The topological polar surface area (TPSA) is 110 Å². The Morgan fingerprint density at radius 3 is 2.38 bits per heavy atom. The molecule has 4 fully saturated rings. The maximum absolute atomic E-state index is 13.0. The Labute approximate surface area is 190 Å². The van der Waals surface area contributed by atoms with Crippen LogP contribution in [0.4, 0.5) is 0 Å². The number of carbonyl (C=O) groups is 3. The molecule has 0 heterocycles. The normalized spacial score (nSPS) is 47.6. The molecule has 32 heavy (non-hydrogen) atoms. The van der Waals surface area contributed by atoms with E-state index in [1.807, 2.05) is 6.92 Å². The molecular weight excluding hydrogens is 412 g/mol. The molecule has 9 atom stereocenters. The number of ketones is 1. The van der Waals surface area contributed by atoms with Crippen LogP contribution < -0.4 is 0 Å². The number of Topliss-reactive ketones (excluding diaryl/α,β-unsaturated/α-hetero) is 1. The summed E-state index contributed by atoms with van der Waals surface area (Å²) in [5.74, 6) is -0.331. The first kappa shape index (κ1) is 23.7. The predicted octanol–water partition coefficient (Wildman–Crippen LogP) is 2.79. The number of carbonyl (C=O) groups excluding carboxylic acids is 3. The summed E-state index contributed by atoms with van der Waals surface area (Å²) in [6.07, 6.45) is 5.34. The van der Waals surface area contributed by atoms with E-state index in [1.165, 1.54) is 13.8 Å². The third-order valence-corrected chi connectivity index (χ3v) is 9.90.